The van der Waals surface area contributed by atoms with Crippen LogP contribution in [-0.2, 0) is 6.42 Å². The number of nitrogens with zero attached hydrogens (tertiary/aromatic N) is 2. The molecule has 0 aliphatic carbocycles. The molecule has 0 radical (unpaired) electrons. The van der Waals surface area contributed by atoms with Gasteiger partial charge < -0.3 is 5.73 Å². The Balaban J connectivity index is 2.48. The lowest BCUT2D eigenvalue weighted by molar-refractivity contribution is 0.647. The molecule has 4 heteroatoms. The molecule has 0 aliphatic rings. The van der Waals surface area contributed by atoms with E-state index in [9.17, 15) is 0 Å². The maximum Gasteiger partial charge on any atom is 0.128 e. The lowest BCUT2D eigenvalue weighted by Gasteiger charge is -2.02. The molecule has 0 spiro atoms. The van der Waals surface area contributed by atoms with Crippen molar-refractivity contribution >= 4 is 15.9 Å². The number of aromatic nitrogens is 2. The van der Waals surface area contributed by atoms with Gasteiger partial charge in [0, 0.05) is 24.9 Å². The minimum Gasteiger partial charge on any atom is -0.328 e. The summed E-state index contributed by atoms with van der Waals surface area (Å²) in [6.07, 6.45) is 5.29. The van der Waals surface area contributed by atoms with Gasteiger partial charge in [-0.25, -0.2) is 9.97 Å². The summed E-state index contributed by atoms with van der Waals surface area (Å²) in [5, 5.41) is 0. The largest absolute Gasteiger partial charge is 0.328 e. The second-order valence-electron chi connectivity index (χ2n) is 2.83. The van der Waals surface area contributed by atoms with Crippen LogP contribution in [-0.4, -0.2) is 16.0 Å². The molecule has 0 aliphatic heterocycles. The summed E-state index contributed by atoms with van der Waals surface area (Å²) in [5.74, 6) is 0.857. The zero-order chi connectivity index (χ0) is 8.97. The van der Waals surface area contributed by atoms with E-state index in [-0.39, 0.29) is 6.04 Å². The van der Waals surface area contributed by atoms with Crippen molar-refractivity contribution < 1.29 is 0 Å². The molecule has 3 nitrogen and oxygen atoms in total. The van der Waals surface area contributed by atoms with Crippen molar-refractivity contribution in [2.75, 3.05) is 0 Å². The van der Waals surface area contributed by atoms with E-state index in [0.717, 1.165) is 23.1 Å². The first kappa shape index (κ1) is 9.61. The van der Waals surface area contributed by atoms with Gasteiger partial charge >= 0.3 is 0 Å². The first-order valence-electron chi connectivity index (χ1n) is 3.90. The molecule has 0 bridgehead atoms. The molecule has 12 heavy (non-hydrogen) atoms. The lowest BCUT2D eigenvalue weighted by atomic mass is 10.2. The van der Waals surface area contributed by atoms with E-state index < -0.39 is 0 Å². The van der Waals surface area contributed by atoms with E-state index >= 15 is 0 Å². The maximum atomic E-state index is 5.61. The lowest BCUT2D eigenvalue weighted by Crippen LogP contribution is -2.16. The van der Waals surface area contributed by atoms with Gasteiger partial charge in [-0.1, -0.05) is 0 Å². The molecule has 66 valence electrons. The van der Waals surface area contributed by atoms with E-state index in [0.29, 0.717) is 0 Å². The van der Waals surface area contributed by atoms with E-state index in [1.54, 1.807) is 12.4 Å². The van der Waals surface area contributed by atoms with Crippen LogP contribution in [0.15, 0.2) is 16.9 Å². The number of aryl methyl sites for hydroxylation is 1. The van der Waals surface area contributed by atoms with Gasteiger partial charge in [0.05, 0.1) is 4.47 Å². The van der Waals surface area contributed by atoms with E-state index in [4.69, 9.17) is 5.73 Å². The van der Waals surface area contributed by atoms with Crippen molar-refractivity contribution in [3.05, 3.63) is 22.7 Å². The van der Waals surface area contributed by atoms with Crippen molar-refractivity contribution in [2.45, 2.75) is 25.8 Å². The molecule has 1 rings (SSSR count). The normalized spacial score (nSPS) is 12.9. The summed E-state index contributed by atoms with van der Waals surface area (Å²) >= 11 is 3.28. The van der Waals surface area contributed by atoms with Gasteiger partial charge in [0.25, 0.3) is 0 Å². The molecular formula is C8H12BrN3. The van der Waals surface area contributed by atoms with Gasteiger partial charge in [-0.3, -0.25) is 0 Å². The fourth-order valence-electron chi connectivity index (χ4n) is 0.825. The summed E-state index contributed by atoms with van der Waals surface area (Å²) in [6, 6.07) is 0.220. The molecule has 0 saturated carbocycles. The summed E-state index contributed by atoms with van der Waals surface area (Å²) < 4.78 is 0.909. The zero-order valence-electron chi connectivity index (χ0n) is 7.00. The van der Waals surface area contributed by atoms with Crippen molar-refractivity contribution in [2.24, 2.45) is 5.73 Å². The average molecular weight is 230 g/mol. The highest BCUT2D eigenvalue weighted by molar-refractivity contribution is 9.10. The van der Waals surface area contributed by atoms with E-state index in [1.807, 2.05) is 6.92 Å². The molecule has 0 fully saturated rings. The Labute approximate surface area is 80.5 Å². The number of hydrogen-bond donors (Lipinski definition) is 1. The van der Waals surface area contributed by atoms with Crippen molar-refractivity contribution in [3.8, 4) is 0 Å². The molecule has 1 unspecified atom stereocenters. The highest BCUT2D eigenvalue weighted by Gasteiger charge is 1.98. The van der Waals surface area contributed by atoms with Crippen LogP contribution >= 0.6 is 15.9 Å². The summed E-state index contributed by atoms with van der Waals surface area (Å²) in [5.41, 5.74) is 5.61. The minimum atomic E-state index is 0.220. The third-order valence-electron chi connectivity index (χ3n) is 1.50. The Bertz CT molecular complexity index is 233. The van der Waals surface area contributed by atoms with Gasteiger partial charge in [0.15, 0.2) is 0 Å². The first-order chi connectivity index (χ1) is 5.68. The second-order valence-corrected chi connectivity index (χ2v) is 3.75. The Hall–Kier alpha value is -0.480. The fourth-order valence-corrected chi connectivity index (χ4v) is 1.03. The van der Waals surface area contributed by atoms with Gasteiger partial charge in [-0.05, 0) is 29.3 Å². The summed E-state index contributed by atoms with van der Waals surface area (Å²) in [6.45, 7) is 1.98. The van der Waals surface area contributed by atoms with Crippen LogP contribution < -0.4 is 5.73 Å². The predicted octanol–water partition coefficient (Wildman–Crippen LogP) is 1.52. The Kier molecular flexibility index (Phi) is 3.62. The smallest absolute Gasteiger partial charge is 0.128 e. The van der Waals surface area contributed by atoms with Gasteiger partial charge in [0.2, 0.25) is 0 Å². The van der Waals surface area contributed by atoms with Crippen molar-refractivity contribution in [3.63, 3.8) is 0 Å². The van der Waals surface area contributed by atoms with E-state index in [1.165, 1.54) is 0 Å². The SMILES string of the molecule is CC(N)CCc1ncc(Br)cn1. The maximum absolute atomic E-state index is 5.61. The van der Waals surface area contributed by atoms with Crippen LogP contribution in [0.2, 0.25) is 0 Å². The standard InChI is InChI=1S/C8H12BrN3/c1-6(10)2-3-8-11-4-7(9)5-12-8/h4-6H,2-3,10H2,1H3. The third-order valence-corrected chi connectivity index (χ3v) is 1.91. The molecule has 0 aromatic carbocycles. The molecule has 1 atom stereocenters. The van der Waals surface area contributed by atoms with E-state index in [2.05, 4.69) is 25.9 Å². The van der Waals surface area contributed by atoms with Crippen LogP contribution in [0.4, 0.5) is 0 Å². The second kappa shape index (κ2) is 4.52. The van der Waals surface area contributed by atoms with Gasteiger partial charge in [0.1, 0.15) is 5.82 Å². The molecule has 0 amide bonds. The topological polar surface area (TPSA) is 51.8 Å². The quantitative estimate of drug-likeness (QED) is 0.856. The molecule has 0 saturated heterocycles. The third kappa shape index (κ3) is 3.28. The number of nitrogens with two attached hydrogens (primary N) is 1. The van der Waals surface area contributed by atoms with Crippen LogP contribution in [0.5, 0.6) is 0 Å². The molecule has 1 aromatic rings. The predicted molar refractivity (Wildman–Crippen MR) is 51.7 cm³/mol. The number of rotatable bonds is 3. The average Bonchev–Trinajstić information content (AvgIpc) is 2.03. The summed E-state index contributed by atoms with van der Waals surface area (Å²) in [4.78, 5) is 8.27. The van der Waals surface area contributed by atoms with Gasteiger partial charge in [-0.15, -0.1) is 0 Å². The zero-order valence-corrected chi connectivity index (χ0v) is 8.58. The molecule has 1 heterocycles. The van der Waals surface area contributed by atoms with Crippen LogP contribution in [0, 0.1) is 0 Å². The Morgan fingerprint density at radius 1 is 1.50 bits per heavy atom. The van der Waals surface area contributed by atoms with Crippen LogP contribution in [0.25, 0.3) is 0 Å². The highest BCUT2D eigenvalue weighted by atomic mass is 79.9. The fraction of sp³-hybridized carbons (Fsp3) is 0.500. The number of halogens is 1. The molecular weight excluding hydrogens is 218 g/mol. The van der Waals surface area contributed by atoms with Crippen molar-refractivity contribution in [1.29, 1.82) is 0 Å². The van der Waals surface area contributed by atoms with Crippen molar-refractivity contribution in [1.82, 2.24) is 9.97 Å². The van der Waals surface area contributed by atoms with Crippen LogP contribution in [0.3, 0.4) is 0 Å². The highest BCUT2D eigenvalue weighted by Crippen LogP contribution is 2.05. The Morgan fingerprint density at radius 3 is 2.58 bits per heavy atom. The summed E-state index contributed by atoms with van der Waals surface area (Å²) in [7, 11) is 0. The van der Waals surface area contributed by atoms with Gasteiger partial charge in [-0.2, -0.15) is 0 Å². The number of hydrogen-bond acceptors (Lipinski definition) is 3. The Morgan fingerprint density at radius 2 is 2.08 bits per heavy atom. The van der Waals surface area contributed by atoms with Crippen LogP contribution in [0.1, 0.15) is 19.2 Å². The minimum absolute atomic E-state index is 0.220. The molecule has 2 N–H and O–H groups in total. The molecule has 1 aromatic heterocycles. The monoisotopic (exact) mass is 229 g/mol. The first-order valence-corrected chi connectivity index (χ1v) is 4.70.